The van der Waals surface area contributed by atoms with Crippen molar-refractivity contribution in [3.05, 3.63) is 59.7 Å². The fourth-order valence-electron chi connectivity index (χ4n) is 5.39. The van der Waals surface area contributed by atoms with Gasteiger partial charge in [0.25, 0.3) is 0 Å². The van der Waals surface area contributed by atoms with Crippen molar-refractivity contribution in [2.45, 2.75) is 76.2 Å². The number of phenols is 2. The number of phenolic OH excluding ortho intramolecular Hbond substituents is 2. The highest BCUT2D eigenvalue weighted by atomic mass is 16.4. The molecule has 0 spiro atoms. The lowest BCUT2D eigenvalue weighted by molar-refractivity contribution is -0.142. The molecule has 0 aromatic heterocycles. The molecule has 0 saturated carbocycles. The van der Waals surface area contributed by atoms with Crippen LogP contribution < -0.4 is 49.1 Å². The van der Waals surface area contributed by atoms with Crippen molar-refractivity contribution in [1.29, 1.82) is 0 Å². The molecule has 21 heteroatoms. The number of hydrogen-bond donors (Lipinski definition) is 13. The average molecular weight is 815 g/mol. The molecule has 2 aromatic carbocycles. The Bertz CT molecular complexity index is 1740. The van der Waals surface area contributed by atoms with Gasteiger partial charge in [0.2, 0.25) is 35.4 Å². The van der Waals surface area contributed by atoms with Crippen molar-refractivity contribution in [2.24, 2.45) is 28.1 Å². The van der Waals surface area contributed by atoms with Gasteiger partial charge in [0.15, 0.2) is 5.96 Å². The number of nitrogens with two attached hydrogens (primary N) is 3. The Labute approximate surface area is 334 Å². The lowest BCUT2D eigenvalue weighted by Crippen LogP contribution is -2.59. The second-order valence-electron chi connectivity index (χ2n) is 13.4. The molecule has 16 N–H and O–H groups in total. The summed E-state index contributed by atoms with van der Waals surface area (Å²) in [6, 6.07) is 4.82. The predicted molar refractivity (Wildman–Crippen MR) is 209 cm³/mol. The highest BCUT2D eigenvalue weighted by Gasteiger charge is 2.32. The van der Waals surface area contributed by atoms with Crippen LogP contribution in [0.1, 0.15) is 44.2 Å². The first-order valence-corrected chi connectivity index (χ1v) is 18.4. The number of carbonyl (C=O) groups excluding carboxylic acids is 6. The van der Waals surface area contributed by atoms with Gasteiger partial charge in [-0.25, -0.2) is 4.79 Å². The molecular weight excluding hydrogens is 760 g/mol. The van der Waals surface area contributed by atoms with E-state index in [1.54, 1.807) is 26.0 Å². The van der Waals surface area contributed by atoms with E-state index >= 15 is 0 Å². The van der Waals surface area contributed by atoms with Crippen LogP contribution in [0.25, 0.3) is 0 Å². The van der Waals surface area contributed by atoms with E-state index in [2.05, 4.69) is 36.9 Å². The molecule has 0 radical (unpaired) electrons. The first-order valence-electron chi connectivity index (χ1n) is 18.4. The van der Waals surface area contributed by atoms with Gasteiger partial charge in [-0.15, -0.1) is 0 Å². The van der Waals surface area contributed by atoms with E-state index in [0.717, 1.165) is 0 Å². The van der Waals surface area contributed by atoms with Gasteiger partial charge in [0.05, 0.1) is 19.7 Å². The van der Waals surface area contributed by atoms with Crippen molar-refractivity contribution in [3.63, 3.8) is 0 Å². The monoisotopic (exact) mass is 814 g/mol. The topological polar surface area (TPSA) is 363 Å². The van der Waals surface area contributed by atoms with Gasteiger partial charge >= 0.3 is 5.97 Å². The van der Waals surface area contributed by atoms with E-state index in [-0.39, 0.29) is 49.7 Å². The Kier molecular flexibility index (Phi) is 19.9. The number of guanidine groups is 1. The Hall–Kier alpha value is -6.48. The van der Waals surface area contributed by atoms with Crippen molar-refractivity contribution in [2.75, 3.05) is 26.2 Å². The van der Waals surface area contributed by atoms with Crippen molar-refractivity contribution in [3.8, 4) is 11.5 Å². The number of aliphatic carboxylic acids is 1. The van der Waals surface area contributed by atoms with E-state index in [1.165, 1.54) is 36.4 Å². The second kappa shape index (κ2) is 24.2. The van der Waals surface area contributed by atoms with Gasteiger partial charge in [0.1, 0.15) is 41.7 Å². The van der Waals surface area contributed by atoms with Crippen LogP contribution in [-0.2, 0) is 46.4 Å². The molecule has 0 fully saturated rings. The normalized spacial score (nSPS) is 13.9. The third kappa shape index (κ3) is 16.7. The number of carboxylic acid groups (broad SMARTS) is 1. The minimum Gasteiger partial charge on any atom is -0.508 e. The molecule has 2 rings (SSSR count). The summed E-state index contributed by atoms with van der Waals surface area (Å²) in [5, 5.41) is 53.5. The largest absolute Gasteiger partial charge is 0.508 e. The van der Waals surface area contributed by atoms with Crippen LogP contribution in [0.15, 0.2) is 53.5 Å². The fourth-order valence-corrected chi connectivity index (χ4v) is 5.39. The summed E-state index contributed by atoms with van der Waals surface area (Å²) in [5.74, 6) is -7.06. The van der Waals surface area contributed by atoms with E-state index in [9.17, 15) is 54.0 Å². The van der Waals surface area contributed by atoms with Crippen LogP contribution in [0, 0.1) is 5.92 Å². The van der Waals surface area contributed by atoms with Crippen LogP contribution in [0.5, 0.6) is 11.5 Å². The van der Waals surface area contributed by atoms with Gasteiger partial charge in [-0.3, -0.25) is 33.8 Å². The van der Waals surface area contributed by atoms with Crippen molar-refractivity contribution in [1.82, 2.24) is 31.9 Å². The summed E-state index contributed by atoms with van der Waals surface area (Å²) in [4.78, 5) is 94.2. The van der Waals surface area contributed by atoms with Crippen molar-refractivity contribution >= 4 is 47.4 Å². The van der Waals surface area contributed by atoms with E-state index in [0.29, 0.717) is 17.5 Å². The van der Waals surface area contributed by atoms with Crippen LogP contribution in [0.2, 0.25) is 0 Å². The number of aliphatic imine (C=N–C) groups is 1. The molecule has 58 heavy (non-hydrogen) atoms. The molecule has 2 aromatic rings. The third-order valence-corrected chi connectivity index (χ3v) is 8.83. The van der Waals surface area contributed by atoms with Gasteiger partial charge < -0.3 is 69.5 Å². The SMILES string of the molecule is CCC(C)C(NC(=O)C(Cc1ccc(O)cc1)NC(=O)CN)C(=O)NCC(=O)NC(CO)C(=O)NC(CCCN=C(N)N)C(=O)NC(Cc1ccc(O)cc1)C(=O)O. The molecule has 0 heterocycles. The lowest BCUT2D eigenvalue weighted by atomic mass is 9.97. The molecule has 6 unspecified atom stereocenters. The first kappa shape index (κ1) is 47.7. The lowest BCUT2D eigenvalue weighted by Gasteiger charge is -2.27. The van der Waals surface area contributed by atoms with Crippen LogP contribution in [0.4, 0.5) is 0 Å². The maximum Gasteiger partial charge on any atom is 0.326 e. The molecule has 318 valence electrons. The molecular formula is C37H54N10O11. The second-order valence-corrected chi connectivity index (χ2v) is 13.4. The maximum absolute atomic E-state index is 13.4. The molecule has 0 saturated heterocycles. The number of benzene rings is 2. The summed E-state index contributed by atoms with van der Waals surface area (Å²) < 4.78 is 0. The molecule has 21 nitrogen and oxygen atoms in total. The fraction of sp³-hybridized carbons (Fsp3) is 0.459. The zero-order valence-corrected chi connectivity index (χ0v) is 32.3. The molecule has 0 aliphatic heterocycles. The first-order chi connectivity index (χ1) is 27.5. The number of aliphatic hydroxyl groups excluding tert-OH is 1. The maximum atomic E-state index is 13.4. The van der Waals surface area contributed by atoms with Crippen molar-refractivity contribution < 1.29 is 54.0 Å². The Balaban J connectivity index is 2.12. The van der Waals surface area contributed by atoms with E-state index in [4.69, 9.17) is 17.2 Å². The molecule has 0 aliphatic rings. The predicted octanol–water partition coefficient (Wildman–Crippen LogP) is -3.44. The number of carbonyl (C=O) groups is 7. The number of carboxylic acids is 1. The summed E-state index contributed by atoms with van der Waals surface area (Å²) in [6.45, 7) is 1.46. The summed E-state index contributed by atoms with van der Waals surface area (Å²) in [5.41, 5.74) is 17.2. The number of nitrogens with zero attached hydrogens (tertiary/aromatic N) is 1. The van der Waals surface area contributed by atoms with Gasteiger partial charge in [0, 0.05) is 19.4 Å². The minimum atomic E-state index is -1.62. The summed E-state index contributed by atoms with van der Waals surface area (Å²) in [6.07, 6.45) is 0.317. The number of hydrogen-bond acceptors (Lipinski definition) is 12. The highest BCUT2D eigenvalue weighted by molar-refractivity contribution is 5.96. The van der Waals surface area contributed by atoms with Gasteiger partial charge in [-0.2, -0.15) is 0 Å². The molecule has 0 aliphatic carbocycles. The number of nitrogens with one attached hydrogen (secondary N) is 6. The summed E-state index contributed by atoms with van der Waals surface area (Å²) in [7, 11) is 0. The number of rotatable bonds is 24. The Morgan fingerprint density at radius 1 is 0.690 bits per heavy atom. The number of aliphatic hydroxyl groups is 1. The Morgan fingerprint density at radius 2 is 1.19 bits per heavy atom. The van der Waals surface area contributed by atoms with Gasteiger partial charge in [-0.1, -0.05) is 44.5 Å². The highest BCUT2D eigenvalue weighted by Crippen LogP contribution is 2.14. The zero-order valence-electron chi connectivity index (χ0n) is 32.3. The van der Waals surface area contributed by atoms with Crippen LogP contribution in [0.3, 0.4) is 0 Å². The average Bonchev–Trinajstić information content (AvgIpc) is 3.19. The van der Waals surface area contributed by atoms with Crippen LogP contribution >= 0.6 is 0 Å². The molecule has 6 amide bonds. The van der Waals surface area contributed by atoms with E-state index < -0.39 is 97.2 Å². The Morgan fingerprint density at radius 3 is 1.69 bits per heavy atom. The standard InChI is InChI=1S/C37H54N10O11/c1-3-20(2)31(47-33(54)26(43-29(51)17-38)15-21-6-10-23(49)11-7-21)35(56)42-18-30(52)44-28(19-48)34(55)45-25(5-4-14-41-37(39)40)32(53)46-27(36(57)58)16-22-8-12-24(50)13-9-22/h6-13,20,25-28,31,48-50H,3-5,14-19,38H2,1-2H3,(H,42,56)(H,43,51)(H,44,52)(H,45,55)(H,46,53)(H,47,54)(H,57,58)(H4,39,40,41). The number of aromatic hydroxyl groups is 2. The summed E-state index contributed by atoms with van der Waals surface area (Å²) >= 11 is 0. The zero-order chi connectivity index (χ0) is 43.4. The quantitative estimate of drug-likeness (QED) is 0.0279. The van der Waals surface area contributed by atoms with Gasteiger partial charge in [-0.05, 0) is 54.2 Å². The number of amides is 6. The smallest absolute Gasteiger partial charge is 0.326 e. The minimum absolute atomic E-state index is 0.00154. The van der Waals surface area contributed by atoms with E-state index in [1.807, 2.05) is 0 Å². The molecule has 0 bridgehead atoms. The van der Waals surface area contributed by atoms with Crippen LogP contribution in [-0.4, -0.2) is 124 Å². The third-order valence-electron chi connectivity index (χ3n) is 8.83. The molecule has 6 atom stereocenters.